The summed E-state index contributed by atoms with van der Waals surface area (Å²) in [7, 11) is 3.01. The quantitative estimate of drug-likeness (QED) is 0.731. The van der Waals surface area contributed by atoms with Crippen LogP contribution in [0.3, 0.4) is 0 Å². The van der Waals surface area contributed by atoms with Gasteiger partial charge in [-0.05, 0) is 42.9 Å². The predicted octanol–water partition coefficient (Wildman–Crippen LogP) is 2.43. The normalized spacial score (nSPS) is 14.6. The largest absolute Gasteiger partial charge is 0.496 e. The number of hydrogen-bond donors (Lipinski definition) is 0. The summed E-state index contributed by atoms with van der Waals surface area (Å²) in [5.74, 6) is 1.27. The molecule has 0 bridgehead atoms. The SMILES string of the molecule is COC(=O)c1ccc(CC2CC2)c(OC)c1. The first-order valence-electron chi connectivity index (χ1n) is 5.50. The Hall–Kier alpha value is -1.51. The van der Waals surface area contributed by atoms with E-state index < -0.39 is 0 Å². The van der Waals surface area contributed by atoms with Gasteiger partial charge in [0.15, 0.2) is 0 Å². The molecule has 0 atom stereocenters. The van der Waals surface area contributed by atoms with Crippen molar-refractivity contribution >= 4 is 5.97 Å². The highest BCUT2D eigenvalue weighted by Crippen LogP contribution is 2.35. The Labute approximate surface area is 95.4 Å². The second kappa shape index (κ2) is 4.56. The summed E-state index contributed by atoms with van der Waals surface area (Å²) in [6.07, 6.45) is 3.66. The van der Waals surface area contributed by atoms with Gasteiger partial charge in [-0.25, -0.2) is 4.79 Å². The Morgan fingerprint density at radius 2 is 2.12 bits per heavy atom. The lowest BCUT2D eigenvalue weighted by Gasteiger charge is -2.09. The molecule has 86 valence electrons. The number of methoxy groups -OCH3 is 2. The lowest BCUT2D eigenvalue weighted by Crippen LogP contribution is -2.03. The average Bonchev–Trinajstić information content (AvgIpc) is 3.12. The van der Waals surface area contributed by atoms with Crippen LogP contribution in [-0.2, 0) is 11.2 Å². The van der Waals surface area contributed by atoms with Crippen LogP contribution in [0.25, 0.3) is 0 Å². The molecular weight excluding hydrogens is 204 g/mol. The third-order valence-corrected chi connectivity index (χ3v) is 2.91. The van der Waals surface area contributed by atoms with Crippen LogP contribution in [-0.4, -0.2) is 20.2 Å². The molecule has 3 heteroatoms. The van der Waals surface area contributed by atoms with Crippen molar-refractivity contribution in [3.63, 3.8) is 0 Å². The molecule has 2 rings (SSSR count). The van der Waals surface area contributed by atoms with E-state index in [1.54, 1.807) is 19.2 Å². The van der Waals surface area contributed by atoms with Crippen LogP contribution in [0, 0.1) is 5.92 Å². The first-order valence-corrected chi connectivity index (χ1v) is 5.50. The molecule has 0 radical (unpaired) electrons. The molecular formula is C13H16O3. The summed E-state index contributed by atoms with van der Waals surface area (Å²) in [5, 5.41) is 0. The molecule has 0 saturated heterocycles. The molecule has 1 fully saturated rings. The minimum Gasteiger partial charge on any atom is -0.496 e. The van der Waals surface area contributed by atoms with E-state index in [2.05, 4.69) is 4.74 Å². The number of benzene rings is 1. The zero-order valence-corrected chi connectivity index (χ0v) is 9.66. The van der Waals surface area contributed by atoms with Crippen LogP contribution in [0.4, 0.5) is 0 Å². The Balaban J connectivity index is 2.22. The van der Waals surface area contributed by atoms with Gasteiger partial charge in [0.1, 0.15) is 5.75 Å². The number of hydrogen-bond acceptors (Lipinski definition) is 3. The number of carbonyl (C=O) groups excluding carboxylic acids is 1. The summed E-state index contributed by atoms with van der Waals surface area (Å²) in [6.45, 7) is 0. The first-order chi connectivity index (χ1) is 7.74. The highest BCUT2D eigenvalue weighted by atomic mass is 16.5. The molecule has 1 saturated carbocycles. The van der Waals surface area contributed by atoms with Gasteiger partial charge in [0.2, 0.25) is 0 Å². The average molecular weight is 220 g/mol. The van der Waals surface area contributed by atoms with Crippen LogP contribution in [0.15, 0.2) is 18.2 Å². The summed E-state index contributed by atoms with van der Waals surface area (Å²) in [4.78, 5) is 11.3. The summed E-state index contributed by atoms with van der Waals surface area (Å²) in [6, 6.07) is 5.51. The predicted molar refractivity (Wildman–Crippen MR) is 60.8 cm³/mol. The number of esters is 1. The van der Waals surface area contributed by atoms with Crippen molar-refractivity contribution in [1.82, 2.24) is 0 Å². The zero-order chi connectivity index (χ0) is 11.5. The molecule has 0 N–H and O–H groups in total. The number of rotatable bonds is 4. The molecule has 3 nitrogen and oxygen atoms in total. The van der Waals surface area contributed by atoms with Crippen LogP contribution in [0.1, 0.15) is 28.8 Å². The van der Waals surface area contributed by atoms with E-state index in [0.717, 1.165) is 18.1 Å². The van der Waals surface area contributed by atoms with Gasteiger partial charge in [-0.1, -0.05) is 6.07 Å². The molecule has 0 aliphatic heterocycles. The highest BCUT2D eigenvalue weighted by Gasteiger charge is 2.23. The van der Waals surface area contributed by atoms with Crippen molar-refractivity contribution in [2.75, 3.05) is 14.2 Å². The standard InChI is InChI=1S/C13H16O3/c1-15-12-8-11(13(14)16-2)6-5-10(12)7-9-3-4-9/h5-6,8-9H,3-4,7H2,1-2H3. The van der Waals surface area contributed by atoms with Gasteiger partial charge in [-0.2, -0.15) is 0 Å². The Morgan fingerprint density at radius 3 is 2.69 bits per heavy atom. The minimum atomic E-state index is -0.323. The van der Waals surface area contributed by atoms with Gasteiger partial charge in [-0.3, -0.25) is 0 Å². The fourth-order valence-electron chi connectivity index (χ4n) is 1.79. The third-order valence-electron chi connectivity index (χ3n) is 2.91. The molecule has 1 aliphatic carbocycles. The van der Waals surface area contributed by atoms with E-state index in [9.17, 15) is 4.79 Å². The molecule has 1 aromatic rings. The molecule has 1 aromatic carbocycles. The Morgan fingerprint density at radius 1 is 1.38 bits per heavy atom. The molecule has 16 heavy (non-hydrogen) atoms. The van der Waals surface area contributed by atoms with Crippen LogP contribution in [0.2, 0.25) is 0 Å². The number of carbonyl (C=O) groups is 1. The summed E-state index contributed by atoms with van der Waals surface area (Å²) in [5.41, 5.74) is 1.72. The van der Waals surface area contributed by atoms with E-state index in [-0.39, 0.29) is 5.97 Å². The molecule has 0 amide bonds. The second-order valence-corrected chi connectivity index (χ2v) is 4.17. The monoisotopic (exact) mass is 220 g/mol. The summed E-state index contributed by atoms with van der Waals surface area (Å²) >= 11 is 0. The number of ether oxygens (including phenoxy) is 2. The van der Waals surface area contributed by atoms with Gasteiger partial charge < -0.3 is 9.47 Å². The van der Waals surface area contributed by atoms with Crippen LogP contribution in [0.5, 0.6) is 5.75 Å². The fourth-order valence-corrected chi connectivity index (χ4v) is 1.79. The third kappa shape index (κ3) is 2.35. The maximum absolute atomic E-state index is 11.3. The van der Waals surface area contributed by atoms with Gasteiger partial charge in [0.05, 0.1) is 19.8 Å². The van der Waals surface area contributed by atoms with Gasteiger partial charge in [-0.15, -0.1) is 0 Å². The van der Waals surface area contributed by atoms with Crippen LogP contribution >= 0.6 is 0 Å². The topological polar surface area (TPSA) is 35.5 Å². The smallest absolute Gasteiger partial charge is 0.337 e. The van der Waals surface area contributed by atoms with Gasteiger partial charge in [0, 0.05) is 0 Å². The molecule has 1 aliphatic rings. The maximum Gasteiger partial charge on any atom is 0.337 e. The molecule has 0 aromatic heterocycles. The summed E-state index contributed by atoms with van der Waals surface area (Å²) < 4.78 is 9.98. The van der Waals surface area contributed by atoms with Crippen molar-refractivity contribution in [2.24, 2.45) is 5.92 Å². The van der Waals surface area contributed by atoms with Gasteiger partial charge >= 0.3 is 5.97 Å². The van der Waals surface area contributed by atoms with Gasteiger partial charge in [0.25, 0.3) is 0 Å². The van der Waals surface area contributed by atoms with E-state index in [0.29, 0.717) is 5.56 Å². The van der Waals surface area contributed by atoms with Crippen LogP contribution < -0.4 is 4.74 Å². The van der Waals surface area contributed by atoms with Crippen molar-refractivity contribution in [3.8, 4) is 5.75 Å². The molecule has 0 spiro atoms. The van der Waals surface area contributed by atoms with Crippen molar-refractivity contribution in [2.45, 2.75) is 19.3 Å². The molecule has 0 unspecified atom stereocenters. The molecule has 0 heterocycles. The first kappa shape index (κ1) is 11.0. The fraction of sp³-hybridized carbons (Fsp3) is 0.462. The Bertz CT molecular complexity index is 394. The van der Waals surface area contributed by atoms with E-state index >= 15 is 0 Å². The highest BCUT2D eigenvalue weighted by molar-refractivity contribution is 5.89. The second-order valence-electron chi connectivity index (χ2n) is 4.17. The van der Waals surface area contributed by atoms with Crippen molar-refractivity contribution in [1.29, 1.82) is 0 Å². The minimum absolute atomic E-state index is 0.323. The Kier molecular flexibility index (Phi) is 3.13. The van der Waals surface area contributed by atoms with Crippen molar-refractivity contribution in [3.05, 3.63) is 29.3 Å². The maximum atomic E-state index is 11.3. The zero-order valence-electron chi connectivity index (χ0n) is 9.66. The van der Waals surface area contributed by atoms with E-state index in [4.69, 9.17) is 4.74 Å². The van der Waals surface area contributed by atoms with E-state index in [1.165, 1.54) is 25.5 Å². The van der Waals surface area contributed by atoms with E-state index in [1.807, 2.05) is 6.07 Å². The van der Waals surface area contributed by atoms with Crippen molar-refractivity contribution < 1.29 is 14.3 Å². The lowest BCUT2D eigenvalue weighted by atomic mass is 10.0. The lowest BCUT2D eigenvalue weighted by molar-refractivity contribution is 0.0600.